The third-order valence-electron chi connectivity index (χ3n) is 3.90. The molecule has 1 N–H and O–H groups in total. The van der Waals surface area contributed by atoms with Crippen molar-refractivity contribution in [3.05, 3.63) is 89.4 Å². The number of benzene rings is 3. The molecule has 3 aromatic rings. The molecule has 0 radical (unpaired) electrons. The number of carbonyl (C=O) groups excluding carboxylic acids is 1. The van der Waals surface area contributed by atoms with Gasteiger partial charge in [-0.05, 0) is 66.9 Å². The van der Waals surface area contributed by atoms with Crippen LogP contribution < -0.4 is 10.1 Å². The van der Waals surface area contributed by atoms with E-state index in [-0.39, 0.29) is 5.91 Å². The van der Waals surface area contributed by atoms with Gasteiger partial charge in [0.15, 0.2) is 0 Å². The molecule has 0 heterocycles. The van der Waals surface area contributed by atoms with Gasteiger partial charge < -0.3 is 10.1 Å². The average molecular weight is 366 g/mol. The smallest absolute Gasteiger partial charge is 0.224 e. The Labute approximate surface area is 158 Å². The molecule has 0 unspecified atom stereocenters. The highest BCUT2D eigenvalue weighted by Crippen LogP contribution is 2.22. The molecule has 132 valence electrons. The van der Waals surface area contributed by atoms with Crippen LogP contribution in [0.25, 0.3) is 0 Å². The molecule has 0 bridgehead atoms. The standard InChI is InChI=1S/C22H20ClNO2/c23-18-11-9-17(10-12-18)5-4-8-22(25)24-19-13-15-21(16-14-19)26-20-6-2-1-3-7-20/h1-3,6-7,9-16H,4-5,8H2,(H,24,25). The summed E-state index contributed by atoms with van der Waals surface area (Å²) in [6.07, 6.45) is 2.13. The van der Waals surface area contributed by atoms with Gasteiger partial charge in [0, 0.05) is 17.1 Å². The average Bonchev–Trinajstić information content (AvgIpc) is 2.66. The van der Waals surface area contributed by atoms with E-state index >= 15 is 0 Å². The molecule has 3 rings (SSSR count). The van der Waals surface area contributed by atoms with Crippen molar-refractivity contribution in [2.24, 2.45) is 0 Å². The Morgan fingerprint density at radius 3 is 2.19 bits per heavy atom. The maximum atomic E-state index is 12.1. The molecule has 0 aliphatic heterocycles. The van der Waals surface area contributed by atoms with Gasteiger partial charge in [0.1, 0.15) is 11.5 Å². The minimum atomic E-state index is 0.00990. The Morgan fingerprint density at radius 2 is 1.50 bits per heavy atom. The van der Waals surface area contributed by atoms with Crippen molar-refractivity contribution in [1.82, 2.24) is 0 Å². The second-order valence-corrected chi connectivity index (χ2v) is 6.40. The summed E-state index contributed by atoms with van der Waals surface area (Å²) in [6, 6.07) is 24.7. The van der Waals surface area contributed by atoms with Gasteiger partial charge in [-0.1, -0.05) is 41.9 Å². The van der Waals surface area contributed by atoms with Gasteiger partial charge >= 0.3 is 0 Å². The van der Waals surface area contributed by atoms with Gasteiger partial charge in [-0.25, -0.2) is 0 Å². The molecule has 4 heteroatoms. The quantitative estimate of drug-likeness (QED) is 0.549. The topological polar surface area (TPSA) is 38.3 Å². The van der Waals surface area contributed by atoms with Crippen LogP contribution >= 0.6 is 11.6 Å². The molecule has 1 amide bonds. The molecule has 0 aliphatic carbocycles. The number of nitrogens with one attached hydrogen (secondary N) is 1. The number of carbonyl (C=O) groups is 1. The monoisotopic (exact) mass is 365 g/mol. The van der Waals surface area contributed by atoms with Crippen molar-refractivity contribution < 1.29 is 9.53 Å². The fraction of sp³-hybridized carbons (Fsp3) is 0.136. The van der Waals surface area contributed by atoms with Crippen molar-refractivity contribution in [2.75, 3.05) is 5.32 Å². The van der Waals surface area contributed by atoms with E-state index in [4.69, 9.17) is 16.3 Å². The molecule has 0 aliphatic rings. The maximum absolute atomic E-state index is 12.1. The first-order valence-electron chi connectivity index (χ1n) is 8.56. The SMILES string of the molecule is O=C(CCCc1ccc(Cl)cc1)Nc1ccc(Oc2ccccc2)cc1. The lowest BCUT2D eigenvalue weighted by atomic mass is 10.1. The molecule has 0 saturated carbocycles. The number of halogens is 1. The first-order valence-corrected chi connectivity index (χ1v) is 8.94. The van der Waals surface area contributed by atoms with Crippen LogP contribution in [0, 0.1) is 0 Å². The Morgan fingerprint density at radius 1 is 0.846 bits per heavy atom. The molecular formula is C22H20ClNO2. The predicted molar refractivity (Wildman–Crippen MR) is 106 cm³/mol. The van der Waals surface area contributed by atoms with E-state index in [0.717, 1.165) is 35.1 Å². The first kappa shape index (κ1) is 18.0. The van der Waals surface area contributed by atoms with Crippen molar-refractivity contribution in [3.63, 3.8) is 0 Å². The summed E-state index contributed by atoms with van der Waals surface area (Å²) in [5, 5.41) is 3.64. The number of hydrogen-bond acceptors (Lipinski definition) is 2. The highest BCUT2D eigenvalue weighted by molar-refractivity contribution is 6.30. The summed E-state index contributed by atoms with van der Waals surface area (Å²) in [4.78, 5) is 12.1. The molecule has 0 aromatic heterocycles. The van der Waals surface area contributed by atoms with Crippen molar-refractivity contribution in [3.8, 4) is 11.5 Å². The molecule has 3 aromatic carbocycles. The molecule has 0 saturated heterocycles. The summed E-state index contributed by atoms with van der Waals surface area (Å²) >= 11 is 5.87. The Kier molecular flexibility index (Phi) is 6.29. The summed E-state index contributed by atoms with van der Waals surface area (Å²) in [6.45, 7) is 0. The molecule has 26 heavy (non-hydrogen) atoms. The Bertz CT molecular complexity index is 830. The zero-order valence-corrected chi connectivity index (χ0v) is 15.1. The van der Waals surface area contributed by atoms with Gasteiger partial charge in [0.2, 0.25) is 5.91 Å². The third-order valence-corrected chi connectivity index (χ3v) is 4.15. The van der Waals surface area contributed by atoms with E-state index in [1.54, 1.807) is 0 Å². The normalized spacial score (nSPS) is 10.3. The summed E-state index contributed by atoms with van der Waals surface area (Å²) in [5.74, 6) is 1.53. The second kappa shape index (κ2) is 9.07. The van der Waals surface area contributed by atoms with Crippen LogP contribution in [0.3, 0.4) is 0 Å². The van der Waals surface area contributed by atoms with Gasteiger partial charge in [-0.3, -0.25) is 4.79 Å². The molecule has 0 fully saturated rings. The molecule has 3 nitrogen and oxygen atoms in total. The van der Waals surface area contributed by atoms with Crippen LogP contribution in [0.5, 0.6) is 11.5 Å². The van der Waals surface area contributed by atoms with Gasteiger partial charge in [0.05, 0.1) is 0 Å². The van der Waals surface area contributed by atoms with Crippen molar-refractivity contribution >= 4 is 23.2 Å². The number of ether oxygens (including phenoxy) is 1. The minimum absolute atomic E-state index is 0.00990. The first-order chi connectivity index (χ1) is 12.7. The minimum Gasteiger partial charge on any atom is -0.457 e. The number of amides is 1. The van der Waals surface area contributed by atoms with E-state index in [1.165, 1.54) is 5.56 Å². The van der Waals surface area contributed by atoms with Crippen LogP contribution in [0.2, 0.25) is 5.02 Å². The van der Waals surface area contributed by atoms with Crippen molar-refractivity contribution in [1.29, 1.82) is 0 Å². The zero-order chi connectivity index (χ0) is 18.2. The number of hydrogen-bond donors (Lipinski definition) is 1. The second-order valence-electron chi connectivity index (χ2n) is 5.97. The number of anilines is 1. The molecular weight excluding hydrogens is 346 g/mol. The van der Waals surface area contributed by atoms with Crippen LogP contribution in [0.1, 0.15) is 18.4 Å². The summed E-state index contributed by atoms with van der Waals surface area (Å²) in [7, 11) is 0. The predicted octanol–water partition coefficient (Wildman–Crippen LogP) is 6.09. The third kappa shape index (κ3) is 5.64. The van der Waals surface area contributed by atoms with Gasteiger partial charge in [-0.2, -0.15) is 0 Å². The fourth-order valence-electron chi connectivity index (χ4n) is 2.56. The largest absolute Gasteiger partial charge is 0.457 e. The highest BCUT2D eigenvalue weighted by atomic mass is 35.5. The summed E-state index contributed by atoms with van der Waals surface area (Å²) in [5.41, 5.74) is 1.95. The zero-order valence-electron chi connectivity index (χ0n) is 14.3. The molecule has 0 spiro atoms. The van der Waals surface area contributed by atoms with Crippen LogP contribution in [-0.4, -0.2) is 5.91 Å². The molecule has 0 atom stereocenters. The lowest BCUT2D eigenvalue weighted by molar-refractivity contribution is -0.116. The van der Waals surface area contributed by atoms with E-state index in [1.807, 2.05) is 78.9 Å². The lowest BCUT2D eigenvalue weighted by Gasteiger charge is -2.08. The highest BCUT2D eigenvalue weighted by Gasteiger charge is 2.04. The van der Waals surface area contributed by atoms with E-state index in [2.05, 4.69) is 5.32 Å². The Hall–Kier alpha value is -2.78. The van der Waals surface area contributed by atoms with E-state index < -0.39 is 0 Å². The van der Waals surface area contributed by atoms with Gasteiger partial charge in [-0.15, -0.1) is 0 Å². The van der Waals surface area contributed by atoms with E-state index in [0.29, 0.717) is 6.42 Å². The Balaban J connectivity index is 1.44. The lowest BCUT2D eigenvalue weighted by Crippen LogP contribution is -2.11. The van der Waals surface area contributed by atoms with Crippen LogP contribution in [-0.2, 0) is 11.2 Å². The van der Waals surface area contributed by atoms with Crippen molar-refractivity contribution in [2.45, 2.75) is 19.3 Å². The number of rotatable bonds is 7. The summed E-state index contributed by atoms with van der Waals surface area (Å²) < 4.78 is 5.74. The van der Waals surface area contributed by atoms with Crippen LogP contribution in [0.15, 0.2) is 78.9 Å². The maximum Gasteiger partial charge on any atom is 0.224 e. The van der Waals surface area contributed by atoms with Gasteiger partial charge in [0.25, 0.3) is 0 Å². The fourth-order valence-corrected chi connectivity index (χ4v) is 2.68. The van der Waals surface area contributed by atoms with Crippen LogP contribution in [0.4, 0.5) is 5.69 Å². The van der Waals surface area contributed by atoms with E-state index in [9.17, 15) is 4.79 Å². The number of para-hydroxylation sites is 1. The number of aryl methyl sites for hydroxylation is 1.